The van der Waals surface area contributed by atoms with Crippen LogP contribution in [0.1, 0.15) is 29.5 Å². The van der Waals surface area contributed by atoms with Crippen LogP contribution in [0.4, 0.5) is 13.6 Å². The molecule has 3 rings (SSSR count). The second-order valence-electron chi connectivity index (χ2n) is 6.35. The van der Waals surface area contributed by atoms with Crippen molar-refractivity contribution in [2.24, 2.45) is 0 Å². The second kappa shape index (κ2) is 6.59. The predicted octanol–water partition coefficient (Wildman–Crippen LogP) is 4.18. The number of hydrogen-bond acceptors (Lipinski definition) is 1. The number of carbonyl (C=O) groups is 1. The summed E-state index contributed by atoms with van der Waals surface area (Å²) in [6.45, 7) is 0.372. The maximum absolute atomic E-state index is 14.2. The van der Waals surface area contributed by atoms with Crippen LogP contribution in [0.3, 0.4) is 0 Å². The van der Waals surface area contributed by atoms with Gasteiger partial charge in [0.05, 0.1) is 6.04 Å². The Balaban J connectivity index is 1.95. The van der Waals surface area contributed by atoms with Crippen LogP contribution in [0.15, 0.2) is 48.5 Å². The van der Waals surface area contributed by atoms with E-state index in [1.807, 2.05) is 30.3 Å². The smallest absolute Gasteiger partial charge is 0.320 e. The number of nitrogens with zero attached hydrogens (tertiary/aromatic N) is 2. The van der Waals surface area contributed by atoms with Gasteiger partial charge in [0.15, 0.2) is 0 Å². The van der Waals surface area contributed by atoms with E-state index in [0.29, 0.717) is 18.5 Å². The summed E-state index contributed by atoms with van der Waals surface area (Å²) in [5, 5.41) is 0. The molecule has 0 aromatic heterocycles. The van der Waals surface area contributed by atoms with E-state index in [4.69, 9.17) is 0 Å². The van der Waals surface area contributed by atoms with Crippen molar-refractivity contribution in [3.05, 3.63) is 71.3 Å². The third kappa shape index (κ3) is 3.11. The van der Waals surface area contributed by atoms with E-state index in [2.05, 4.69) is 0 Å². The van der Waals surface area contributed by atoms with Gasteiger partial charge in [-0.3, -0.25) is 0 Å². The molecule has 2 amide bonds. The lowest BCUT2D eigenvalue weighted by atomic mass is 9.93. The van der Waals surface area contributed by atoms with Gasteiger partial charge in [0, 0.05) is 26.6 Å². The topological polar surface area (TPSA) is 23.6 Å². The lowest BCUT2D eigenvalue weighted by Gasteiger charge is -2.28. The fourth-order valence-corrected chi connectivity index (χ4v) is 3.35. The molecule has 2 aromatic rings. The first-order chi connectivity index (χ1) is 11.5. The maximum atomic E-state index is 14.2. The van der Waals surface area contributed by atoms with Crippen molar-refractivity contribution in [1.82, 2.24) is 9.80 Å². The summed E-state index contributed by atoms with van der Waals surface area (Å²) in [4.78, 5) is 15.8. The number of hydrogen-bond donors (Lipinski definition) is 0. The Labute approximate surface area is 140 Å². The summed E-state index contributed by atoms with van der Waals surface area (Å²) in [6.07, 6.45) is 0.573. The summed E-state index contributed by atoms with van der Waals surface area (Å²) in [5.41, 5.74) is 1.34. The van der Waals surface area contributed by atoms with E-state index in [1.165, 1.54) is 11.0 Å². The molecule has 1 unspecified atom stereocenters. The van der Waals surface area contributed by atoms with Gasteiger partial charge in [-0.2, -0.15) is 0 Å². The number of rotatable bonds is 2. The standard InChI is InChI=1S/C19H20F2N2O/c1-22(2)19(24)23-12-14(16-11-15(20)8-9-17(16)21)10-18(23)13-6-4-3-5-7-13/h3-9,11,14,18H,10,12H2,1-2H3/t14?,18-/m0/s1. The van der Waals surface area contributed by atoms with E-state index in [1.54, 1.807) is 19.0 Å². The first-order valence-corrected chi connectivity index (χ1v) is 7.95. The summed E-state index contributed by atoms with van der Waals surface area (Å²) >= 11 is 0. The Bertz CT molecular complexity index is 733. The molecule has 0 N–H and O–H groups in total. The summed E-state index contributed by atoms with van der Waals surface area (Å²) in [5.74, 6) is -1.11. The molecule has 0 radical (unpaired) electrons. The highest BCUT2D eigenvalue weighted by atomic mass is 19.1. The predicted molar refractivity (Wildman–Crippen MR) is 88.7 cm³/mol. The third-order valence-corrected chi connectivity index (χ3v) is 4.51. The van der Waals surface area contributed by atoms with Crippen molar-refractivity contribution in [2.75, 3.05) is 20.6 Å². The van der Waals surface area contributed by atoms with Crippen LogP contribution in [0.25, 0.3) is 0 Å². The lowest BCUT2D eigenvalue weighted by Crippen LogP contribution is -2.39. The molecule has 1 saturated heterocycles. The number of amides is 2. The molecule has 0 bridgehead atoms. The summed E-state index contributed by atoms with van der Waals surface area (Å²) in [7, 11) is 3.39. The third-order valence-electron chi connectivity index (χ3n) is 4.51. The molecule has 1 heterocycles. The van der Waals surface area contributed by atoms with Crippen molar-refractivity contribution >= 4 is 6.03 Å². The van der Waals surface area contributed by atoms with E-state index in [0.717, 1.165) is 17.7 Å². The molecule has 1 aliphatic rings. The Hall–Kier alpha value is -2.43. The van der Waals surface area contributed by atoms with Crippen molar-refractivity contribution in [2.45, 2.75) is 18.4 Å². The van der Waals surface area contributed by atoms with Crippen LogP contribution in [-0.2, 0) is 0 Å². The number of benzene rings is 2. The fourth-order valence-electron chi connectivity index (χ4n) is 3.35. The van der Waals surface area contributed by atoms with Crippen molar-refractivity contribution in [3.8, 4) is 0 Å². The first kappa shape index (κ1) is 16.4. The van der Waals surface area contributed by atoms with Crippen LogP contribution in [0.5, 0.6) is 0 Å². The largest absolute Gasteiger partial charge is 0.331 e. The Morgan fingerprint density at radius 2 is 1.83 bits per heavy atom. The van der Waals surface area contributed by atoms with Crippen LogP contribution >= 0.6 is 0 Å². The first-order valence-electron chi connectivity index (χ1n) is 7.95. The van der Waals surface area contributed by atoms with Crippen molar-refractivity contribution in [1.29, 1.82) is 0 Å². The van der Waals surface area contributed by atoms with E-state index in [-0.39, 0.29) is 18.0 Å². The molecular formula is C19H20F2N2O. The normalized spacial score (nSPS) is 20.2. The number of likely N-dealkylation sites (tertiary alicyclic amines) is 1. The SMILES string of the molecule is CN(C)C(=O)N1CC(c2cc(F)ccc2F)C[C@H]1c1ccccc1. The second-order valence-corrected chi connectivity index (χ2v) is 6.35. The average molecular weight is 330 g/mol. The Kier molecular flexibility index (Phi) is 4.51. The zero-order valence-corrected chi connectivity index (χ0v) is 13.7. The maximum Gasteiger partial charge on any atom is 0.320 e. The van der Waals surface area contributed by atoms with Gasteiger partial charge in [0.1, 0.15) is 11.6 Å². The van der Waals surface area contributed by atoms with Gasteiger partial charge in [0.25, 0.3) is 0 Å². The number of halogens is 2. The van der Waals surface area contributed by atoms with E-state index >= 15 is 0 Å². The van der Waals surface area contributed by atoms with Gasteiger partial charge in [-0.25, -0.2) is 13.6 Å². The molecular weight excluding hydrogens is 310 g/mol. The molecule has 0 saturated carbocycles. The van der Waals surface area contributed by atoms with Gasteiger partial charge >= 0.3 is 6.03 Å². The van der Waals surface area contributed by atoms with Crippen LogP contribution in [0.2, 0.25) is 0 Å². The van der Waals surface area contributed by atoms with E-state index < -0.39 is 11.6 Å². The highest BCUT2D eigenvalue weighted by Gasteiger charge is 2.38. The summed E-state index contributed by atoms with van der Waals surface area (Å²) < 4.78 is 27.7. The molecule has 0 spiro atoms. The molecule has 2 atom stereocenters. The van der Waals surface area contributed by atoms with Gasteiger partial charge < -0.3 is 9.80 Å². The van der Waals surface area contributed by atoms with Crippen molar-refractivity contribution < 1.29 is 13.6 Å². The average Bonchev–Trinajstić information content (AvgIpc) is 3.02. The molecule has 5 heteroatoms. The Morgan fingerprint density at radius 3 is 2.50 bits per heavy atom. The van der Waals surface area contributed by atoms with Gasteiger partial charge in [0.2, 0.25) is 0 Å². The minimum Gasteiger partial charge on any atom is -0.331 e. The fraction of sp³-hybridized carbons (Fsp3) is 0.316. The molecule has 2 aromatic carbocycles. The van der Waals surface area contributed by atoms with Crippen LogP contribution < -0.4 is 0 Å². The van der Waals surface area contributed by atoms with Crippen molar-refractivity contribution in [3.63, 3.8) is 0 Å². The lowest BCUT2D eigenvalue weighted by molar-refractivity contribution is 0.166. The molecule has 1 fully saturated rings. The number of carbonyl (C=O) groups excluding carboxylic acids is 1. The molecule has 24 heavy (non-hydrogen) atoms. The highest BCUT2D eigenvalue weighted by molar-refractivity contribution is 5.75. The molecule has 3 nitrogen and oxygen atoms in total. The van der Waals surface area contributed by atoms with Gasteiger partial charge in [-0.05, 0) is 35.7 Å². The monoisotopic (exact) mass is 330 g/mol. The minimum absolute atomic E-state index is 0.122. The quantitative estimate of drug-likeness (QED) is 0.810. The minimum atomic E-state index is -0.458. The van der Waals surface area contributed by atoms with E-state index in [9.17, 15) is 13.6 Å². The van der Waals surface area contributed by atoms with Gasteiger partial charge in [-0.15, -0.1) is 0 Å². The van der Waals surface area contributed by atoms with Crippen LogP contribution in [0, 0.1) is 11.6 Å². The Morgan fingerprint density at radius 1 is 1.12 bits per heavy atom. The van der Waals surface area contributed by atoms with Gasteiger partial charge in [-0.1, -0.05) is 30.3 Å². The summed E-state index contributed by atoms with van der Waals surface area (Å²) in [6, 6.07) is 12.9. The highest BCUT2D eigenvalue weighted by Crippen LogP contribution is 2.41. The molecule has 126 valence electrons. The molecule has 0 aliphatic carbocycles. The van der Waals surface area contributed by atoms with Crippen LogP contribution in [-0.4, -0.2) is 36.5 Å². The number of urea groups is 1. The zero-order valence-electron chi connectivity index (χ0n) is 13.7. The molecule has 1 aliphatic heterocycles. The zero-order chi connectivity index (χ0) is 17.3.